The zero-order valence-corrected chi connectivity index (χ0v) is 16.1. The fourth-order valence-electron chi connectivity index (χ4n) is 3.39. The lowest BCUT2D eigenvalue weighted by Crippen LogP contribution is -2.51. The summed E-state index contributed by atoms with van der Waals surface area (Å²) in [6, 6.07) is 10.6. The van der Waals surface area contributed by atoms with Crippen molar-refractivity contribution in [3.8, 4) is 0 Å². The first-order valence-electron chi connectivity index (χ1n) is 8.67. The van der Waals surface area contributed by atoms with E-state index in [1.54, 1.807) is 0 Å². The molecule has 0 saturated carbocycles. The molecule has 25 heavy (non-hydrogen) atoms. The first-order chi connectivity index (χ1) is 11.3. The molecule has 0 radical (unpaired) electrons. The fourth-order valence-corrected chi connectivity index (χ4v) is 3.39. The Morgan fingerprint density at radius 1 is 1.08 bits per heavy atom. The Morgan fingerprint density at radius 2 is 1.76 bits per heavy atom. The molecule has 0 aliphatic carbocycles. The quantitative estimate of drug-likeness (QED) is 0.832. The van der Waals surface area contributed by atoms with Crippen molar-refractivity contribution in [2.75, 3.05) is 39.3 Å². The van der Waals surface area contributed by atoms with Crippen molar-refractivity contribution >= 4 is 30.7 Å². The Bertz CT molecular complexity index is 510. The number of nitrogens with two attached hydrogens (primary N) is 1. The number of hydrogen-bond acceptors (Lipinski definition) is 4. The summed E-state index contributed by atoms with van der Waals surface area (Å²) in [5.41, 5.74) is 6.99. The Hall–Kier alpha value is -0.850. The van der Waals surface area contributed by atoms with Crippen LogP contribution in [0.4, 0.5) is 0 Å². The molecule has 0 unspecified atom stereocenters. The third kappa shape index (κ3) is 6.12. The number of halogens is 2. The van der Waals surface area contributed by atoms with Gasteiger partial charge in [-0.2, -0.15) is 0 Å². The van der Waals surface area contributed by atoms with Crippen molar-refractivity contribution in [3.63, 3.8) is 0 Å². The summed E-state index contributed by atoms with van der Waals surface area (Å²) in [5.74, 6) is 0.156. The molecule has 142 valence electrons. The van der Waals surface area contributed by atoms with Crippen LogP contribution in [0.3, 0.4) is 0 Å². The van der Waals surface area contributed by atoms with Gasteiger partial charge in [0, 0.05) is 39.3 Å². The van der Waals surface area contributed by atoms with Gasteiger partial charge in [0.15, 0.2) is 0 Å². The maximum atomic E-state index is 12.5. The second-order valence-electron chi connectivity index (χ2n) is 6.46. The van der Waals surface area contributed by atoms with Crippen molar-refractivity contribution in [1.29, 1.82) is 0 Å². The standard InChI is InChI=1S/C18H27N3O2.2ClH/c19-14-16-6-7-17(23-16)18(22)21-12-10-20(11-13-21)9-8-15-4-2-1-3-5-15;;/h1-5,16-17H,6-14,19H2;2*1H/t16-,17+;;/m1../s1. The molecule has 2 heterocycles. The van der Waals surface area contributed by atoms with Crippen LogP contribution >= 0.6 is 24.8 Å². The maximum Gasteiger partial charge on any atom is 0.251 e. The van der Waals surface area contributed by atoms with Gasteiger partial charge < -0.3 is 15.4 Å². The molecule has 1 aromatic rings. The van der Waals surface area contributed by atoms with Gasteiger partial charge in [0.2, 0.25) is 0 Å². The molecule has 0 bridgehead atoms. The molecular formula is C18H29Cl2N3O2. The number of hydrogen-bond donors (Lipinski definition) is 1. The highest BCUT2D eigenvalue weighted by molar-refractivity contribution is 5.85. The highest BCUT2D eigenvalue weighted by atomic mass is 35.5. The number of carbonyl (C=O) groups excluding carboxylic acids is 1. The van der Waals surface area contributed by atoms with Gasteiger partial charge >= 0.3 is 0 Å². The number of piperazine rings is 1. The fraction of sp³-hybridized carbons (Fsp3) is 0.611. The summed E-state index contributed by atoms with van der Waals surface area (Å²) in [5, 5.41) is 0. The molecule has 1 amide bonds. The topological polar surface area (TPSA) is 58.8 Å². The number of benzene rings is 1. The van der Waals surface area contributed by atoms with Gasteiger partial charge in [0.25, 0.3) is 5.91 Å². The Morgan fingerprint density at radius 3 is 2.36 bits per heavy atom. The van der Waals surface area contributed by atoms with E-state index in [4.69, 9.17) is 10.5 Å². The van der Waals surface area contributed by atoms with Crippen molar-refractivity contribution in [3.05, 3.63) is 35.9 Å². The predicted molar refractivity (Wildman–Crippen MR) is 105 cm³/mol. The number of rotatable bonds is 5. The van der Waals surface area contributed by atoms with Crippen molar-refractivity contribution in [1.82, 2.24) is 9.80 Å². The van der Waals surface area contributed by atoms with Crippen molar-refractivity contribution in [2.24, 2.45) is 5.73 Å². The molecule has 0 spiro atoms. The Labute approximate surface area is 162 Å². The zero-order chi connectivity index (χ0) is 16.1. The molecule has 2 N–H and O–H groups in total. The molecule has 2 atom stereocenters. The minimum Gasteiger partial charge on any atom is -0.364 e. The van der Waals surface area contributed by atoms with Crippen LogP contribution in [0.25, 0.3) is 0 Å². The summed E-state index contributed by atoms with van der Waals surface area (Å²) in [6.45, 7) is 5.08. The van der Waals surface area contributed by atoms with Crippen LogP contribution in [0.15, 0.2) is 30.3 Å². The lowest BCUT2D eigenvalue weighted by molar-refractivity contribution is -0.144. The highest BCUT2D eigenvalue weighted by Crippen LogP contribution is 2.21. The molecular weight excluding hydrogens is 361 g/mol. The summed E-state index contributed by atoms with van der Waals surface area (Å²) in [7, 11) is 0. The number of nitrogens with zero attached hydrogens (tertiary/aromatic N) is 2. The van der Waals surface area contributed by atoms with E-state index in [2.05, 4.69) is 29.2 Å². The van der Waals surface area contributed by atoms with Gasteiger partial charge in [-0.25, -0.2) is 0 Å². The van der Waals surface area contributed by atoms with Crippen LogP contribution in [-0.2, 0) is 16.0 Å². The SMILES string of the molecule is Cl.Cl.NC[C@H]1CC[C@@H](C(=O)N2CCN(CCc3ccccc3)CC2)O1. The second-order valence-corrected chi connectivity index (χ2v) is 6.46. The number of ether oxygens (including phenoxy) is 1. The lowest BCUT2D eigenvalue weighted by atomic mass is 10.1. The van der Waals surface area contributed by atoms with Gasteiger partial charge in [-0.15, -0.1) is 24.8 Å². The van der Waals surface area contributed by atoms with Crippen LogP contribution in [0.5, 0.6) is 0 Å². The average Bonchev–Trinajstić information content (AvgIpc) is 3.10. The molecule has 2 aliphatic rings. The third-order valence-electron chi connectivity index (χ3n) is 4.89. The first-order valence-corrected chi connectivity index (χ1v) is 8.67. The molecule has 7 heteroatoms. The van der Waals surface area contributed by atoms with Gasteiger partial charge in [-0.05, 0) is 24.8 Å². The molecule has 3 rings (SSSR count). The van der Waals surface area contributed by atoms with Crippen LogP contribution in [0, 0.1) is 0 Å². The minimum absolute atomic E-state index is 0. The Kier molecular flexibility index (Phi) is 9.75. The second kappa shape index (κ2) is 11.0. The molecule has 2 aliphatic heterocycles. The number of amides is 1. The third-order valence-corrected chi connectivity index (χ3v) is 4.89. The van der Waals surface area contributed by atoms with E-state index < -0.39 is 0 Å². The number of carbonyl (C=O) groups is 1. The smallest absolute Gasteiger partial charge is 0.251 e. The first kappa shape index (κ1) is 22.2. The summed E-state index contributed by atoms with van der Waals surface area (Å²) >= 11 is 0. The van der Waals surface area contributed by atoms with E-state index >= 15 is 0 Å². The molecule has 2 saturated heterocycles. The van der Waals surface area contributed by atoms with Gasteiger partial charge in [-0.3, -0.25) is 9.69 Å². The van der Waals surface area contributed by atoms with Crippen molar-refractivity contribution in [2.45, 2.75) is 31.5 Å². The lowest BCUT2D eigenvalue weighted by Gasteiger charge is -2.35. The molecule has 0 aromatic heterocycles. The Balaban J connectivity index is 0.00000156. The van der Waals surface area contributed by atoms with Crippen LogP contribution in [-0.4, -0.2) is 67.2 Å². The highest BCUT2D eigenvalue weighted by Gasteiger charge is 2.33. The van der Waals surface area contributed by atoms with Crippen LogP contribution in [0.2, 0.25) is 0 Å². The predicted octanol–water partition coefficient (Wildman–Crippen LogP) is 1.72. The monoisotopic (exact) mass is 389 g/mol. The molecule has 1 aromatic carbocycles. The molecule has 2 fully saturated rings. The maximum absolute atomic E-state index is 12.5. The van der Waals surface area contributed by atoms with Crippen molar-refractivity contribution < 1.29 is 9.53 Å². The van der Waals surface area contributed by atoms with E-state index in [1.807, 2.05) is 11.0 Å². The minimum atomic E-state index is -0.264. The summed E-state index contributed by atoms with van der Waals surface area (Å²) in [6.07, 6.45) is 2.59. The normalized spacial score (nSPS) is 23.6. The average molecular weight is 390 g/mol. The van der Waals surface area contributed by atoms with Crippen LogP contribution < -0.4 is 5.73 Å². The summed E-state index contributed by atoms with van der Waals surface area (Å²) < 4.78 is 5.73. The van der Waals surface area contributed by atoms with E-state index in [-0.39, 0.29) is 42.9 Å². The zero-order valence-electron chi connectivity index (χ0n) is 14.5. The van der Waals surface area contributed by atoms with Gasteiger partial charge in [0.05, 0.1) is 6.10 Å². The van der Waals surface area contributed by atoms with Crippen LogP contribution in [0.1, 0.15) is 18.4 Å². The summed E-state index contributed by atoms with van der Waals surface area (Å²) in [4.78, 5) is 16.9. The van der Waals surface area contributed by atoms with E-state index in [0.717, 1.165) is 52.0 Å². The van der Waals surface area contributed by atoms with Gasteiger partial charge in [0.1, 0.15) is 6.10 Å². The van der Waals surface area contributed by atoms with E-state index in [9.17, 15) is 4.79 Å². The molecule has 5 nitrogen and oxygen atoms in total. The van der Waals surface area contributed by atoms with E-state index in [1.165, 1.54) is 5.56 Å². The largest absolute Gasteiger partial charge is 0.364 e. The van der Waals surface area contributed by atoms with Gasteiger partial charge in [-0.1, -0.05) is 30.3 Å². The van der Waals surface area contributed by atoms with E-state index in [0.29, 0.717) is 6.54 Å².